The Morgan fingerprint density at radius 2 is 2.10 bits per heavy atom. The van der Waals surface area contributed by atoms with Gasteiger partial charge in [-0.3, -0.25) is 0 Å². The maximum absolute atomic E-state index is 3.64. The molecule has 1 atom stereocenters. The average molecular weight is 339 g/mol. The van der Waals surface area contributed by atoms with Crippen LogP contribution in [0.5, 0.6) is 0 Å². The van der Waals surface area contributed by atoms with Gasteiger partial charge in [-0.2, -0.15) is 0 Å². The van der Waals surface area contributed by atoms with Crippen molar-refractivity contribution in [1.29, 1.82) is 0 Å². The summed E-state index contributed by atoms with van der Waals surface area (Å²) in [5, 5.41) is 3.64. The molecule has 1 unspecified atom stereocenters. The van der Waals surface area contributed by atoms with Gasteiger partial charge in [0, 0.05) is 35.8 Å². The molecule has 1 saturated carbocycles. The van der Waals surface area contributed by atoms with Gasteiger partial charge in [-0.05, 0) is 49.4 Å². The fourth-order valence-electron chi connectivity index (χ4n) is 2.45. The third kappa shape index (κ3) is 4.49. The molecular formula is C17H27BrN2. The molecular weight excluding hydrogens is 312 g/mol. The van der Waals surface area contributed by atoms with E-state index in [-0.39, 0.29) is 0 Å². The normalized spacial score (nSPS) is 16.2. The summed E-state index contributed by atoms with van der Waals surface area (Å²) in [4.78, 5) is 2.52. The SMILES string of the molecule is CCC(C)CN(CC)c1ccc(Br)cc1CNC1CC1. The van der Waals surface area contributed by atoms with Crippen molar-refractivity contribution in [3.05, 3.63) is 28.2 Å². The summed E-state index contributed by atoms with van der Waals surface area (Å²) >= 11 is 3.61. The van der Waals surface area contributed by atoms with Gasteiger partial charge < -0.3 is 10.2 Å². The fourth-order valence-corrected chi connectivity index (χ4v) is 2.86. The molecule has 0 heterocycles. The number of hydrogen-bond acceptors (Lipinski definition) is 2. The van der Waals surface area contributed by atoms with Crippen LogP contribution in [0.4, 0.5) is 5.69 Å². The largest absolute Gasteiger partial charge is 0.371 e. The first-order chi connectivity index (χ1) is 9.63. The Bertz CT molecular complexity index is 429. The van der Waals surface area contributed by atoms with Crippen LogP contribution in [-0.2, 0) is 6.54 Å². The highest BCUT2D eigenvalue weighted by atomic mass is 79.9. The zero-order valence-electron chi connectivity index (χ0n) is 13.0. The number of benzene rings is 1. The van der Waals surface area contributed by atoms with Crippen molar-refractivity contribution in [3.63, 3.8) is 0 Å². The molecule has 0 radical (unpaired) electrons. The monoisotopic (exact) mass is 338 g/mol. The summed E-state index contributed by atoms with van der Waals surface area (Å²) in [5.74, 6) is 0.739. The molecule has 1 fully saturated rings. The van der Waals surface area contributed by atoms with Gasteiger partial charge >= 0.3 is 0 Å². The lowest BCUT2D eigenvalue weighted by molar-refractivity contribution is 0.546. The van der Waals surface area contributed by atoms with Crippen LogP contribution in [0.15, 0.2) is 22.7 Å². The molecule has 20 heavy (non-hydrogen) atoms. The van der Waals surface area contributed by atoms with E-state index in [2.05, 4.69) is 65.1 Å². The van der Waals surface area contributed by atoms with Crippen molar-refractivity contribution < 1.29 is 0 Å². The first-order valence-electron chi connectivity index (χ1n) is 7.90. The fraction of sp³-hybridized carbons (Fsp3) is 0.647. The van der Waals surface area contributed by atoms with Crippen LogP contribution in [0.3, 0.4) is 0 Å². The van der Waals surface area contributed by atoms with Crippen LogP contribution in [0, 0.1) is 5.92 Å². The van der Waals surface area contributed by atoms with Crippen molar-refractivity contribution in [1.82, 2.24) is 5.32 Å². The van der Waals surface area contributed by atoms with Gasteiger partial charge in [0.15, 0.2) is 0 Å². The number of halogens is 1. The van der Waals surface area contributed by atoms with Gasteiger partial charge in [0.25, 0.3) is 0 Å². The van der Waals surface area contributed by atoms with Gasteiger partial charge in [-0.15, -0.1) is 0 Å². The molecule has 1 aliphatic rings. The molecule has 1 N–H and O–H groups in total. The quantitative estimate of drug-likeness (QED) is 0.746. The van der Waals surface area contributed by atoms with Crippen molar-refractivity contribution in [2.45, 2.75) is 52.6 Å². The zero-order valence-corrected chi connectivity index (χ0v) is 14.5. The number of nitrogens with zero attached hydrogens (tertiary/aromatic N) is 1. The maximum Gasteiger partial charge on any atom is 0.0412 e. The molecule has 0 amide bonds. The third-order valence-electron chi connectivity index (χ3n) is 4.15. The number of rotatable bonds is 8. The second-order valence-corrected chi connectivity index (χ2v) is 6.90. The van der Waals surface area contributed by atoms with E-state index in [0.717, 1.165) is 31.6 Å². The van der Waals surface area contributed by atoms with Crippen molar-refractivity contribution in [2.75, 3.05) is 18.0 Å². The van der Waals surface area contributed by atoms with E-state index in [9.17, 15) is 0 Å². The Morgan fingerprint density at radius 1 is 1.35 bits per heavy atom. The minimum absolute atomic E-state index is 0.739. The van der Waals surface area contributed by atoms with Crippen molar-refractivity contribution in [2.24, 2.45) is 5.92 Å². The number of hydrogen-bond donors (Lipinski definition) is 1. The summed E-state index contributed by atoms with van der Waals surface area (Å²) in [6.45, 7) is 10.1. The highest BCUT2D eigenvalue weighted by Gasteiger charge is 2.21. The molecule has 0 aliphatic heterocycles. The lowest BCUT2D eigenvalue weighted by atomic mass is 10.1. The predicted octanol–water partition coefficient (Wildman–Crippen LogP) is 4.57. The summed E-state index contributed by atoms with van der Waals surface area (Å²) in [5.41, 5.74) is 2.81. The second-order valence-electron chi connectivity index (χ2n) is 5.98. The van der Waals surface area contributed by atoms with Crippen LogP contribution in [0.1, 0.15) is 45.6 Å². The lowest BCUT2D eigenvalue weighted by Crippen LogP contribution is -2.29. The first kappa shape index (κ1) is 15.8. The first-order valence-corrected chi connectivity index (χ1v) is 8.70. The summed E-state index contributed by atoms with van der Waals surface area (Å²) in [6.07, 6.45) is 3.92. The van der Waals surface area contributed by atoms with Crippen LogP contribution in [0.25, 0.3) is 0 Å². The Kier molecular flexibility index (Phi) is 5.91. The summed E-state index contributed by atoms with van der Waals surface area (Å²) < 4.78 is 1.17. The highest BCUT2D eigenvalue weighted by Crippen LogP contribution is 2.27. The minimum Gasteiger partial charge on any atom is -0.371 e. The van der Waals surface area contributed by atoms with E-state index in [1.807, 2.05) is 0 Å². The van der Waals surface area contributed by atoms with E-state index < -0.39 is 0 Å². The Hall–Kier alpha value is -0.540. The van der Waals surface area contributed by atoms with E-state index in [1.165, 1.54) is 35.0 Å². The van der Waals surface area contributed by atoms with Crippen LogP contribution in [-0.4, -0.2) is 19.1 Å². The molecule has 0 spiro atoms. The molecule has 1 aromatic rings. The van der Waals surface area contributed by atoms with Gasteiger partial charge in [-0.25, -0.2) is 0 Å². The number of anilines is 1. The summed E-state index contributed by atoms with van der Waals surface area (Å²) in [6, 6.07) is 7.45. The van der Waals surface area contributed by atoms with Crippen molar-refractivity contribution >= 4 is 21.6 Å². The molecule has 112 valence electrons. The van der Waals surface area contributed by atoms with Crippen molar-refractivity contribution in [3.8, 4) is 0 Å². The smallest absolute Gasteiger partial charge is 0.0412 e. The van der Waals surface area contributed by atoms with E-state index in [0.29, 0.717) is 0 Å². The minimum atomic E-state index is 0.739. The molecule has 0 bridgehead atoms. The van der Waals surface area contributed by atoms with Gasteiger partial charge in [-0.1, -0.05) is 36.2 Å². The Morgan fingerprint density at radius 3 is 2.70 bits per heavy atom. The molecule has 1 aromatic carbocycles. The van der Waals surface area contributed by atoms with Crippen LogP contribution >= 0.6 is 15.9 Å². The van der Waals surface area contributed by atoms with Crippen LogP contribution in [0.2, 0.25) is 0 Å². The van der Waals surface area contributed by atoms with Crippen LogP contribution < -0.4 is 10.2 Å². The number of nitrogens with one attached hydrogen (secondary N) is 1. The maximum atomic E-state index is 3.64. The van der Waals surface area contributed by atoms with E-state index in [1.54, 1.807) is 0 Å². The Labute approximate surface area is 132 Å². The average Bonchev–Trinajstić information content (AvgIpc) is 3.27. The third-order valence-corrected chi connectivity index (χ3v) is 4.64. The topological polar surface area (TPSA) is 15.3 Å². The molecule has 2 nitrogen and oxygen atoms in total. The van der Waals surface area contributed by atoms with Gasteiger partial charge in [0.1, 0.15) is 0 Å². The molecule has 0 aromatic heterocycles. The van der Waals surface area contributed by atoms with Gasteiger partial charge in [0.05, 0.1) is 0 Å². The second kappa shape index (κ2) is 7.46. The summed E-state index contributed by atoms with van der Waals surface area (Å²) in [7, 11) is 0. The van der Waals surface area contributed by atoms with E-state index in [4.69, 9.17) is 0 Å². The Balaban J connectivity index is 2.13. The van der Waals surface area contributed by atoms with Gasteiger partial charge in [0.2, 0.25) is 0 Å². The van der Waals surface area contributed by atoms with E-state index >= 15 is 0 Å². The standard InChI is InChI=1S/C17H27BrN2/c1-4-13(3)12-20(5-2)17-9-6-15(18)10-14(17)11-19-16-7-8-16/h6,9-10,13,16,19H,4-5,7-8,11-12H2,1-3H3. The lowest BCUT2D eigenvalue weighted by Gasteiger charge is -2.28. The molecule has 0 saturated heterocycles. The molecule has 1 aliphatic carbocycles. The molecule has 2 rings (SSSR count). The zero-order chi connectivity index (χ0) is 14.5. The predicted molar refractivity (Wildman–Crippen MR) is 91.3 cm³/mol. The highest BCUT2D eigenvalue weighted by molar-refractivity contribution is 9.10. The molecule has 3 heteroatoms.